The number of methoxy groups -OCH3 is 1. The second-order valence-electron chi connectivity index (χ2n) is 8.44. The van der Waals surface area contributed by atoms with Crippen LogP contribution in [0.5, 0.6) is 11.5 Å². The van der Waals surface area contributed by atoms with E-state index in [2.05, 4.69) is 37.4 Å². The summed E-state index contributed by atoms with van der Waals surface area (Å²) < 4.78 is 16.9. The summed E-state index contributed by atoms with van der Waals surface area (Å²) in [6, 6.07) is 12.7. The number of amides is 1. The van der Waals surface area contributed by atoms with Crippen molar-refractivity contribution in [2.75, 3.05) is 62.5 Å². The van der Waals surface area contributed by atoms with Gasteiger partial charge in [0, 0.05) is 42.8 Å². The van der Waals surface area contributed by atoms with Gasteiger partial charge in [0.05, 0.1) is 33.1 Å². The van der Waals surface area contributed by atoms with Gasteiger partial charge in [0.15, 0.2) is 17.3 Å². The minimum Gasteiger partial charge on any atom is -0.493 e. The standard InChI is InChI=1S/C27H31ClN6O4/c1-3-25(35)30-19-6-4-7-20(16-19)31-26-22(28)18-29-27(33-26)32-21-8-9-23(24(17-21)36-2)38-13-5-10-34-11-14-37-15-12-34/h3-4,6-9,16-18H,1,5,10-15H2,2H3,(H,30,35)(H2,29,31,32,33). The zero-order chi connectivity index (χ0) is 26.7. The molecule has 2 heterocycles. The summed E-state index contributed by atoms with van der Waals surface area (Å²) in [4.78, 5) is 22.7. The number of ether oxygens (including phenoxy) is 3. The van der Waals surface area contributed by atoms with Crippen LogP contribution in [0.3, 0.4) is 0 Å². The highest BCUT2D eigenvalue weighted by molar-refractivity contribution is 6.32. The molecule has 200 valence electrons. The van der Waals surface area contributed by atoms with Crippen LogP contribution in [0.25, 0.3) is 0 Å². The predicted molar refractivity (Wildman–Crippen MR) is 149 cm³/mol. The van der Waals surface area contributed by atoms with E-state index in [0.29, 0.717) is 46.3 Å². The van der Waals surface area contributed by atoms with Crippen LogP contribution in [0, 0.1) is 0 Å². The average molecular weight is 539 g/mol. The molecular formula is C27H31ClN6O4. The maximum atomic E-state index is 11.6. The normalized spacial score (nSPS) is 13.4. The third-order valence-corrected chi connectivity index (χ3v) is 6.00. The molecule has 0 saturated carbocycles. The minimum absolute atomic E-state index is 0.298. The van der Waals surface area contributed by atoms with Gasteiger partial charge in [-0.05, 0) is 42.8 Å². The summed E-state index contributed by atoms with van der Waals surface area (Å²) >= 11 is 6.33. The van der Waals surface area contributed by atoms with Gasteiger partial charge in [0.25, 0.3) is 0 Å². The Morgan fingerprint density at radius 3 is 2.71 bits per heavy atom. The molecule has 0 spiro atoms. The predicted octanol–water partition coefficient (Wildman–Crippen LogP) is 4.85. The molecule has 0 atom stereocenters. The second kappa shape index (κ2) is 13.6. The summed E-state index contributed by atoms with van der Waals surface area (Å²) in [6.07, 6.45) is 3.63. The highest BCUT2D eigenvalue weighted by Gasteiger charge is 2.12. The van der Waals surface area contributed by atoms with Crippen LogP contribution in [0.1, 0.15) is 6.42 Å². The van der Waals surface area contributed by atoms with E-state index in [-0.39, 0.29) is 5.91 Å². The van der Waals surface area contributed by atoms with Crippen molar-refractivity contribution in [3.05, 3.63) is 66.3 Å². The fraction of sp³-hybridized carbons (Fsp3) is 0.296. The smallest absolute Gasteiger partial charge is 0.247 e. The lowest BCUT2D eigenvalue weighted by atomic mass is 10.2. The van der Waals surface area contributed by atoms with E-state index >= 15 is 0 Å². The molecule has 2 aromatic carbocycles. The van der Waals surface area contributed by atoms with Gasteiger partial charge < -0.3 is 30.2 Å². The Kier molecular flexibility index (Phi) is 9.74. The third kappa shape index (κ3) is 7.82. The van der Waals surface area contributed by atoms with Crippen molar-refractivity contribution in [2.45, 2.75) is 6.42 Å². The van der Waals surface area contributed by atoms with Crippen LogP contribution in [0.4, 0.5) is 28.8 Å². The van der Waals surface area contributed by atoms with Crippen molar-refractivity contribution < 1.29 is 19.0 Å². The first-order chi connectivity index (χ1) is 18.5. The van der Waals surface area contributed by atoms with E-state index in [9.17, 15) is 4.79 Å². The number of aromatic nitrogens is 2. The lowest BCUT2D eigenvalue weighted by Gasteiger charge is -2.26. The fourth-order valence-electron chi connectivity index (χ4n) is 3.81. The van der Waals surface area contributed by atoms with Crippen molar-refractivity contribution >= 4 is 46.3 Å². The second-order valence-corrected chi connectivity index (χ2v) is 8.84. The van der Waals surface area contributed by atoms with E-state index < -0.39 is 0 Å². The van der Waals surface area contributed by atoms with E-state index in [0.717, 1.165) is 45.0 Å². The van der Waals surface area contributed by atoms with Crippen molar-refractivity contribution in [2.24, 2.45) is 0 Å². The number of nitrogens with one attached hydrogen (secondary N) is 3. The largest absolute Gasteiger partial charge is 0.493 e. The van der Waals surface area contributed by atoms with Crippen LogP contribution < -0.4 is 25.4 Å². The van der Waals surface area contributed by atoms with E-state index in [4.69, 9.17) is 25.8 Å². The monoisotopic (exact) mass is 538 g/mol. The van der Waals surface area contributed by atoms with Crippen molar-refractivity contribution in [1.82, 2.24) is 14.9 Å². The molecule has 0 aliphatic carbocycles. The van der Waals surface area contributed by atoms with Gasteiger partial charge in [-0.2, -0.15) is 4.98 Å². The van der Waals surface area contributed by atoms with Gasteiger partial charge in [-0.1, -0.05) is 24.2 Å². The van der Waals surface area contributed by atoms with E-state index in [1.54, 1.807) is 25.3 Å². The first kappa shape index (κ1) is 27.2. The molecule has 1 fully saturated rings. The minimum atomic E-state index is -0.298. The molecule has 1 aromatic heterocycles. The lowest BCUT2D eigenvalue weighted by molar-refractivity contribution is -0.111. The number of carbonyl (C=O) groups is 1. The zero-order valence-corrected chi connectivity index (χ0v) is 22.0. The molecule has 10 nitrogen and oxygen atoms in total. The maximum absolute atomic E-state index is 11.6. The van der Waals surface area contributed by atoms with Crippen LogP contribution in [0.15, 0.2) is 61.3 Å². The number of rotatable bonds is 12. The number of anilines is 5. The summed E-state index contributed by atoms with van der Waals surface area (Å²) in [6.45, 7) is 8.55. The van der Waals surface area contributed by atoms with Crippen molar-refractivity contribution in [3.8, 4) is 11.5 Å². The van der Waals surface area contributed by atoms with Crippen LogP contribution in [-0.4, -0.2) is 67.3 Å². The highest BCUT2D eigenvalue weighted by atomic mass is 35.5. The average Bonchev–Trinajstić information content (AvgIpc) is 2.94. The number of morpholine rings is 1. The molecule has 11 heteroatoms. The number of carbonyl (C=O) groups excluding carboxylic acids is 1. The Bertz CT molecular complexity index is 1250. The van der Waals surface area contributed by atoms with Gasteiger partial charge >= 0.3 is 0 Å². The summed E-state index contributed by atoms with van der Waals surface area (Å²) in [7, 11) is 1.60. The van der Waals surface area contributed by atoms with E-state index in [1.165, 1.54) is 12.3 Å². The lowest BCUT2D eigenvalue weighted by Crippen LogP contribution is -2.37. The fourth-order valence-corrected chi connectivity index (χ4v) is 3.95. The quantitative estimate of drug-likeness (QED) is 0.220. The first-order valence-electron chi connectivity index (χ1n) is 12.2. The van der Waals surface area contributed by atoms with Crippen LogP contribution in [0.2, 0.25) is 5.02 Å². The van der Waals surface area contributed by atoms with E-state index in [1.807, 2.05) is 24.3 Å². The molecule has 3 aromatic rings. The summed E-state index contributed by atoms with van der Waals surface area (Å²) in [5.41, 5.74) is 2.03. The van der Waals surface area contributed by atoms with Gasteiger partial charge in [-0.15, -0.1) is 0 Å². The summed E-state index contributed by atoms with van der Waals surface area (Å²) in [5, 5.41) is 9.39. The highest BCUT2D eigenvalue weighted by Crippen LogP contribution is 2.32. The topological polar surface area (TPSA) is 110 Å². The SMILES string of the molecule is C=CC(=O)Nc1cccc(Nc2nc(Nc3ccc(OCCCN4CCOCC4)c(OC)c3)ncc2Cl)c1. The number of hydrogen-bond acceptors (Lipinski definition) is 9. The number of halogens is 1. The molecular weight excluding hydrogens is 508 g/mol. The number of nitrogens with zero attached hydrogens (tertiary/aromatic N) is 3. The maximum Gasteiger partial charge on any atom is 0.247 e. The molecule has 3 N–H and O–H groups in total. The van der Waals surface area contributed by atoms with Gasteiger partial charge in [-0.3, -0.25) is 9.69 Å². The Balaban J connectivity index is 1.37. The third-order valence-electron chi connectivity index (χ3n) is 5.72. The molecule has 0 radical (unpaired) electrons. The molecule has 1 aliphatic rings. The Hall–Kier alpha value is -3.86. The van der Waals surface area contributed by atoms with Crippen molar-refractivity contribution in [1.29, 1.82) is 0 Å². The molecule has 38 heavy (non-hydrogen) atoms. The van der Waals surface area contributed by atoms with Crippen LogP contribution in [-0.2, 0) is 9.53 Å². The first-order valence-corrected chi connectivity index (χ1v) is 12.6. The molecule has 4 rings (SSSR count). The molecule has 0 unspecified atom stereocenters. The number of hydrogen-bond donors (Lipinski definition) is 3. The molecule has 1 saturated heterocycles. The van der Waals surface area contributed by atoms with Crippen LogP contribution >= 0.6 is 11.6 Å². The van der Waals surface area contributed by atoms with Gasteiger partial charge in [-0.25, -0.2) is 4.98 Å². The van der Waals surface area contributed by atoms with Gasteiger partial charge in [0.2, 0.25) is 11.9 Å². The Morgan fingerprint density at radius 1 is 1.13 bits per heavy atom. The molecule has 1 amide bonds. The number of benzene rings is 2. The Labute approximate surface area is 227 Å². The van der Waals surface area contributed by atoms with Crippen molar-refractivity contribution in [3.63, 3.8) is 0 Å². The zero-order valence-electron chi connectivity index (χ0n) is 21.2. The van der Waals surface area contributed by atoms with Gasteiger partial charge in [0.1, 0.15) is 5.02 Å². The summed E-state index contributed by atoms with van der Waals surface area (Å²) in [5.74, 6) is 1.72. The molecule has 1 aliphatic heterocycles. The Morgan fingerprint density at radius 2 is 1.92 bits per heavy atom. The molecule has 0 bridgehead atoms.